The first-order chi connectivity index (χ1) is 9.06. The molecule has 1 aromatic rings. The number of nitrogens with one attached hydrogen (secondary N) is 1. The second-order valence-corrected chi connectivity index (χ2v) is 4.76. The van der Waals surface area contributed by atoms with E-state index in [-0.39, 0.29) is 23.7 Å². The molecule has 0 spiro atoms. The number of halogens is 1. The van der Waals surface area contributed by atoms with Crippen molar-refractivity contribution in [1.82, 2.24) is 4.90 Å². The van der Waals surface area contributed by atoms with Gasteiger partial charge in [0.15, 0.2) is 0 Å². The van der Waals surface area contributed by atoms with Gasteiger partial charge in [-0.2, -0.15) is 0 Å². The van der Waals surface area contributed by atoms with E-state index in [2.05, 4.69) is 5.32 Å². The van der Waals surface area contributed by atoms with Gasteiger partial charge in [-0.05, 0) is 25.5 Å². The quantitative estimate of drug-likeness (QED) is 0.911. The number of amides is 1. The first-order valence-electron chi connectivity index (χ1n) is 6.41. The Morgan fingerprint density at radius 2 is 2.26 bits per heavy atom. The number of para-hydroxylation sites is 1. The average Bonchev–Trinajstić information content (AvgIpc) is 2.83. The van der Waals surface area contributed by atoms with Gasteiger partial charge in [0, 0.05) is 20.7 Å². The van der Waals surface area contributed by atoms with E-state index in [9.17, 15) is 9.18 Å². The summed E-state index contributed by atoms with van der Waals surface area (Å²) in [6.07, 6.45) is 0.827. The smallest absolute Gasteiger partial charge is 0.256 e. The maximum atomic E-state index is 13.7. The maximum Gasteiger partial charge on any atom is 0.256 e. The summed E-state index contributed by atoms with van der Waals surface area (Å²) in [6, 6.07) is 4.56. The summed E-state index contributed by atoms with van der Waals surface area (Å²) in [4.78, 5) is 14.1. The predicted octanol–water partition coefficient (Wildman–Crippen LogP) is 2.12. The summed E-state index contributed by atoms with van der Waals surface area (Å²) in [5, 5.41) is 2.75. The topological polar surface area (TPSA) is 41.6 Å². The van der Waals surface area contributed by atoms with E-state index in [1.165, 1.54) is 6.07 Å². The zero-order valence-electron chi connectivity index (χ0n) is 11.4. The zero-order valence-corrected chi connectivity index (χ0v) is 11.4. The molecule has 1 saturated heterocycles. The normalized spacial score (nSPS) is 22.3. The second kappa shape index (κ2) is 5.57. The lowest BCUT2D eigenvalue weighted by atomic mass is 10.1. The Kier molecular flexibility index (Phi) is 4.04. The second-order valence-electron chi connectivity index (χ2n) is 4.76. The Morgan fingerprint density at radius 3 is 2.84 bits per heavy atom. The average molecular weight is 266 g/mol. The lowest BCUT2D eigenvalue weighted by Gasteiger charge is -2.27. The molecule has 1 N–H and O–H groups in total. The van der Waals surface area contributed by atoms with E-state index < -0.39 is 5.82 Å². The standard InChI is InChI=1S/C14H19FN2O2/c1-9-12(7-8-19-9)17(3)14(18)10-5-4-6-11(15)13(10)16-2/h4-6,9,12,16H,7-8H2,1-3H3. The van der Waals surface area contributed by atoms with E-state index >= 15 is 0 Å². The van der Waals surface area contributed by atoms with E-state index in [4.69, 9.17) is 4.74 Å². The predicted molar refractivity (Wildman–Crippen MR) is 71.9 cm³/mol. The minimum Gasteiger partial charge on any atom is -0.385 e. The highest BCUT2D eigenvalue weighted by molar-refractivity contribution is 5.99. The van der Waals surface area contributed by atoms with Crippen LogP contribution in [0.15, 0.2) is 18.2 Å². The van der Waals surface area contributed by atoms with E-state index in [0.29, 0.717) is 12.2 Å². The molecule has 19 heavy (non-hydrogen) atoms. The lowest BCUT2D eigenvalue weighted by molar-refractivity contribution is 0.0575. The van der Waals surface area contributed by atoms with Gasteiger partial charge >= 0.3 is 0 Å². The number of rotatable bonds is 3. The fourth-order valence-electron chi connectivity index (χ4n) is 2.53. The van der Waals surface area contributed by atoms with Gasteiger partial charge in [-0.1, -0.05) is 6.07 Å². The molecule has 2 unspecified atom stereocenters. The molecule has 0 saturated carbocycles. The molecule has 104 valence electrons. The van der Waals surface area contributed by atoms with Crippen LogP contribution in [0.4, 0.5) is 10.1 Å². The zero-order chi connectivity index (χ0) is 14.0. The van der Waals surface area contributed by atoms with E-state index in [1.54, 1.807) is 31.1 Å². The number of nitrogens with zero attached hydrogens (tertiary/aromatic N) is 1. The van der Waals surface area contributed by atoms with Crippen molar-refractivity contribution in [2.24, 2.45) is 0 Å². The highest BCUT2D eigenvalue weighted by Crippen LogP contribution is 2.24. The third-order valence-electron chi connectivity index (χ3n) is 3.65. The number of hydrogen-bond acceptors (Lipinski definition) is 3. The third kappa shape index (κ3) is 2.56. The summed E-state index contributed by atoms with van der Waals surface area (Å²) >= 11 is 0. The summed E-state index contributed by atoms with van der Waals surface area (Å²) in [6.45, 7) is 2.61. The summed E-state index contributed by atoms with van der Waals surface area (Å²) in [5.74, 6) is -0.608. The maximum absolute atomic E-state index is 13.7. The van der Waals surface area contributed by atoms with Crippen LogP contribution in [0.5, 0.6) is 0 Å². The number of carbonyl (C=O) groups excluding carboxylic acids is 1. The Balaban J connectivity index is 2.26. The van der Waals surface area contributed by atoms with Crippen molar-refractivity contribution >= 4 is 11.6 Å². The molecule has 1 fully saturated rings. The van der Waals surface area contributed by atoms with Gasteiger partial charge in [0.2, 0.25) is 0 Å². The fourth-order valence-corrected chi connectivity index (χ4v) is 2.53. The van der Waals surface area contributed by atoms with Gasteiger partial charge in [-0.15, -0.1) is 0 Å². The van der Waals surface area contributed by atoms with Crippen molar-refractivity contribution in [1.29, 1.82) is 0 Å². The SMILES string of the molecule is CNc1c(F)cccc1C(=O)N(C)C1CCOC1C. The van der Waals surface area contributed by atoms with Crippen LogP contribution in [0.1, 0.15) is 23.7 Å². The van der Waals surface area contributed by atoms with Crippen LogP contribution in [0.2, 0.25) is 0 Å². The highest BCUT2D eigenvalue weighted by Gasteiger charge is 2.32. The van der Waals surface area contributed by atoms with Crippen LogP contribution in [0, 0.1) is 5.82 Å². The van der Waals surface area contributed by atoms with Crippen molar-refractivity contribution in [2.75, 3.05) is 26.0 Å². The number of benzene rings is 1. The van der Waals surface area contributed by atoms with Gasteiger partial charge in [-0.3, -0.25) is 4.79 Å². The molecule has 0 aliphatic carbocycles. The largest absolute Gasteiger partial charge is 0.385 e. The van der Waals surface area contributed by atoms with Crippen LogP contribution < -0.4 is 5.32 Å². The molecular weight excluding hydrogens is 247 g/mol. The number of anilines is 1. The van der Waals surface area contributed by atoms with Gasteiger partial charge in [0.05, 0.1) is 23.4 Å². The Bertz CT molecular complexity index is 479. The molecule has 0 radical (unpaired) electrons. The van der Waals surface area contributed by atoms with Gasteiger partial charge in [0.25, 0.3) is 5.91 Å². The van der Waals surface area contributed by atoms with Crippen LogP contribution in [-0.4, -0.2) is 43.7 Å². The summed E-state index contributed by atoms with van der Waals surface area (Å²) in [7, 11) is 3.35. The molecule has 2 atom stereocenters. The first-order valence-corrected chi connectivity index (χ1v) is 6.41. The minimum absolute atomic E-state index is 0.0144. The van der Waals surface area contributed by atoms with Crippen LogP contribution in [0.3, 0.4) is 0 Å². The lowest BCUT2D eigenvalue weighted by Crippen LogP contribution is -2.41. The van der Waals surface area contributed by atoms with Crippen molar-refractivity contribution in [3.63, 3.8) is 0 Å². The number of likely N-dealkylation sites (N-methyl/N-ethyl adjacent to an activating group) is 1. The fraction of sp³-hybridized carbons (Fsp3) is 0.500. The summed E-state index contributed by atoms with van der Waals surface area (Å²) < 4.78 is 19.1. The van der Waals surface area contributed by atoms with Gasteiger partial charge in [0.1, 0.15) is 5.82 Å². The van der Waals surface area contributed by atoms with Crippen LogP contribution >= 0.6 is 0 Å². The molecule has 1 aliphatic rings. The Hall–Kier alpha value is -1.62. The Morgan fingerprint density at radius 1 is 1.53 bits per heavy atom. The molecule has 1 aromatic carbocycles. The molecule has 0 aromatic heterocycles. The first kappa shape index (κ1) is 13.8. The number of ether oxygens (including phenoxy) is 1. The molecular formula is C14H19FN2O2. The van der Waals surface area contributed by atoms with E-state index in [0.717, 1.165) is 6.42 Å². The number of hydrogen-bond donors (Lipinski definition) is 1. The van der Waals surface area contributed by atoms with Crippen molar-refractivity contribution in [2.45, 2.75) is 25.5 Å². The molecule has 0 bridgehead atoms. The van der Waals surface area contributed by atoms with Gasteiger partial charge < -0.3 is 15.0 Å². The van der Waals surface area contributed by atoms with Gasteiger partial charge in [-0.25, -0.2) is 4.39 Å². The van der Waals surface area contributed by atoms with Crippen LogP contribution in [-0.2, 0) is 4.74 Å². The number of carbonyl (C=O) groups is 1. The van der Waals surface area contributed by atoms with Crippen LogP contribution in [0.25, 0.3) is 0 Å². The summed E-state index contributed by atoms with van der Waals surface area (Å²) in [5.41, 5.74) is 0.593. The van der Waals surface area contributed by atoms with E-state index in [1.807, 2.05) is 6.92 Å². The minimum atomic E-state index is -0.419. The molecule has 1 amide bonds. The molecule has 4 nitrogen and oxygen atoms in total. The molecule has 1 heterocycles. The van der Waals surface area contributed by atoms with Crippen molar-refractivity contribution < 1.29 is 13.9 Å². The highest BCUT2D eigenvalue weighted by atomic mass is 19.1. The van der Waals surface area contributed by atoms with Crippen molar-refractivity contribution in [3.8, 4) is 0 Å². The monoisotopic (exact) mass is 266 g/mol. The molecule has 5 heteroatoms. The van der Waals surface area contributed by atoms with Crippen molar-refractivity contribution in [3.05, 3.63) is 29.6 Å². The molecule has 1 aliphatic heterocycles. The Labute approximate surface area is 112 Å². The third-order valence-corrected chi connectivity index (χ3v) is 3.65. The molecule has 2 rings (SSSR count).